The Hall–Kier alpha value is -1.38. The van der Waals surface area contributed by atoms with Gasteiger partial charge in [0, 0.05) is 18.5 Å². The first-order valence-electron chi connectivity index (χ1n) is 5.54. The molecule has 1 aromatic carbocycles. The molecule has 0 radical (unpaired) electrons. The van der Waals surface area contributed by atoms with Gasteiger partial charge in [-0.25, -0.2) is 4.39 Å². The van der Waals surface area contributed by atoms with Crippen LogP contribution in [0.3, 0.4) is 0 Å². The Kier molecular flexibility index (Phi) is 2.70. The van der Waals surface area contributed by atoms with Gasteiger partial charge in [-0.1, -0.05) is 12.1 Å². The lowest BCUT2D eigenvalue weighted by Gasteiger charge is -2.31. The first kappa shape index (κ1) is 11.1. The maximum Gasteiger partial charge on any atom is 0.223 e. The van der Waals surface area contributed by atoms with E-state index in [0.717, 1.165) is 12.0 Å². The monoisotopic (exact) mass is 221 g/mol. The summed E-state index contributed by atoms with van der Waals surface area (Å²) in [5.41, 5.74) is 0.899. The molecular formula is C13H16FNO. The maximum absolute atomic E-state index is 12.7. The number of halogens is 1. The number of carbonyl (C=O) groups is 1. The third-order valence-corrected chi connectivity index (χ3v) is 3.24. The lowest BCUT2D eigenvalue weighted by atomic mass is 10.0. The molecule has 0 bridgehead atoms. The quantitative estimate of drug-likeness (QED) is 0.752. The highest BCUT2D eigenvalue weighted by Gasteiger charge is 2.37. The Balaban J connectivity index is 2.15. The zero-order chi connectivity index (χ0) is 11.8. The molecule has 1 aromatic rings. The largest absolute Gasteiger partial charge is 0.333 e. The van der Waals surface area contributed by atoms with Crippen molar-refractivity contribution in [3.8, 4) is 0 Å². The molecule has 0 unspecified atom stereocenters. The second-order valence-corrected chi connectivity index (χ2v) is 4.92. The fraction of sp³-hybridized carbons (Fsp3) is 0.462. The third-order valence-electron chi connectivity index (χ3n) is 3.24. The van der Waals surface area contributed by atoms with Gasteiger partial charge in [0.1, 0.15) is 5.82 Å². The molecule has 0 spiro atoms. The van der Waals surface area contributed by atoms with Gasteiger partial charge in [0.25, 0.3) is 0 Å². The minimum Gasteiger partial charge on any atom is -0.333 e. The Morgan fingerprint density at radius 3 is 2.44 bits per heavy atom. The molecule has 1 amide bonds. The third kappa shape index (κ3) is 2.08. The van der Waals surface area contributed by atoms with Crippen LogP contribution in [0.4, 0.5) is 4.39 Å². The van der Waals surface area contributed by atoms with E-state index < -0.39 is 0 Å². The molecule has 2 rings (SSSR count). The van der Waals surface area contributed by atoms with Gasteiger partial charge < -0.3 is 4.90 Å². The van der Waals surface area contributed by atoms with Crippen molar-refractivity contribution in [2.24, 2.45) is 0 Å². The Morgan fingerprint density at radius 2 is 1.94 bits per heavy atom. The first-order chi connectivity index (χ1) is 7.49. The minimum absolute atomic E-state index is 0.0779. The van der Waals surface area contributed by atoms with E-state index in [2.05, 4.69) is 13.8 Å². The maximum atomic E-state index is 12.7. The number of hydrogen-bond acceptors (Lipinski definition) is 1. The van der Waals surface area contributed by atoms with Gasteiger partial charge in [-0.05, 0) is 38.0 Å². The molecule has 1 aliphatic heterocycles. The van der Waals surface area contributed by atoms with Crippen LogP contribution in [0.1, 0.15) is 32.3 Å². The molecule has 1 saturated heterocycles. The van der Waals surface area contributed by atoms with Crippen molar-refractivity contribution in [3.05, 3.63) is 35.6 Å². The lowest BCUT2D eigenvalue weighted by molar-refractivity contribution is -0.131. The van der Waals surface area contributed by atoms with Gasteiger partial charge in [-0.15, -0.1) is 0 Å². The van der Waals surface area contributed by atoms with Crippen LogP contribution in [-0.2, 0) is 11.3 Å². The zero-order valence-electron chi connectivity index (χ0n) is 9.66. The summed E-state index contributed by atoms with van der Waals surface area (Å²) in [6.45, 7) is 4.72. The van der Waals surface area contributed by atoms with Crippen LogP contribution >= 0.6 is 0 Å². The summed E-state index contributed by atoms with van der Waals surface area (Å²) in [4.78, 5) is 13.6. The highest BCUT2D eigenvalue weighted by Crippen LogP contribution is 2.30. The second-order valence-electron chi connectivity index (χ2n) is 4.92. The van der Waals surface area contributed by atoms with Crippen molar-refractivity contribution in [1.29, 1.82) is 0 Å². The van der Waals surface area contributed by atoms with Crippen molar-refractivity contribution in [3.63, 3.8) is 0 Å². The summed E-state index contributed by atoms with van der Waals surface area (Å²) in [5, 5.41) is 0. The van der Waals surface area contributed by atoms with E-state index in [-0.39, 0.29) is 17.3 Å². The average Bonchev–Trinajstić information content (AvgIpc) is 2.48. The van der Waals surface area contributed by atoms with E-state index in [9.17, 15) is 9.18 Å². The first-order valence-corrected chi connectivity index (χ1v) is 5.54. The van der Waals surface area contributed by atoms with Crippen molar-refractivity contribution in [2.75, 3.05) is 0 Å². The molecule has 86 valence electrons. The fourth-order valence-corrected chi connectivity index (χ4v) is 2.09. The molecule has 16 heavy (non-hydrogen) atoms. The number of nitrogens with zero attached hydrogens (tertiary/aromatic N) is 1. The molecule has 0 atom stereocenters. The molecule has 1 fully saturated rings. The number of rotatable bonds is 2. The molecule has 1 heterocycles. The normalized spacial score (nSPS) is 19.2. The summed E-state index contributed by atoms with van der Waals surface area (Å²) >= 11 is 0. The van der Waals surface area contributed by atoms with E-state index in [1.165, 1.54) is 12.1 Å². The molecule has 0 saturated carbocycles. The van der Waals surface area contributed by atoms with E-state index >= 15 is 0 Å². The smallest absolute Gasteiger partial charge is 0.223 e. The van der Waals surface area contributed by atoms with E-state index in [1.54, 1.807) is 12.1 Å². The molecule has 0 aromatic heterocycles. The lowest BCUT2D eigenvalue weighted by Crippen LogP contribution is -2.40. The predicted octanol–water partition coefficient (Wildman–Crippen LogP) is 2.73. The molecule has 0 N–H and O–H groups in total. The standard InChI is InChI=1S/C13H16FNO/c1-13(2)8-7-12(16)15(13)9-10-3-5-11(14)6-4-10/h3-6H,7-9H2,1-2H3. The van der Waals surface area contributed by atoms with Crippen LogP contribution in [0.5, 0.6) is 0 Å². The fourth-order valence-electron chi connectivity index (χ4n) is 2.09. The van der Waals surface area contributed by atoms with Gasteiger partial charge in [0.2, 0.25) is 5.91 Å². The minimum atomic E-state index is -0.240. The Morgan fingerprint density at radius 1 is 1.31 bits per heavy atom. The van der Waals surface area contributed by atoms with Crippen molar-refractivity contribution >= 4 is 5.91 Å². The van der Waals surface area contributed by atoms with Crippen LogP contribution in [0.25, 0.3) is 0 Å². The summed E-state index contributed by atoms with van der Waals surface area (Å²) in [6, 6.07) is 6.33. The van der Waals surface area contributed by atoms with Crippen LogP contribution < -0.4 is 0 Å². The number of benzene rings is 1. The topological polar surface area (TPSA) is 20.3 Å². The summed E-state index contributed by atoms with van der Waals surface area (Å²) < 4.78 is 12.7. The Bertz CT molecular complexity index is 397. The number of likely N-dealkylation sites (tertiary alicyclic amines) is 1. The molecular weight excluding hydrogens is 205 g/mol. The molecule has 0 aliphatic carbocycles. The van der Waals surface area contributed by atoms with Gasteiger partial charge in [-0.2, -0.15) is 0 Å². The molecule has 1 aliphatic rings. The van der Waals surface area contributed by atoms with Gasteiger partial charge >= 0.3 is 0 Å². The predicted molar refractivity (Wildman–Crippen MR) is 60.3 cm³/mol. The summed E-state index contributed by atoms with van der Waals surface area (Å²) in [7, 11) is 0. The van der Waals surface area contributed by atoms with Crippen LogP contribution in [0, 0.1) is 5.82 Å². The zero-order valence-corrected chi connectivity index (χ0v) is 9.66. The summed E-state index contributed by atoms with van der Waals surface area (Å²) in [6.07, 6.45) is 1.52. The van der Waals surface area contributed by atoms with Crippen LogP contribution in [0.2, 0.25) is 0 Å². The van der Waals surface area contributed by atoms with E-state index in [0.29, 0.717) is 13.0 Å². The van der Waals surface area contributed by atoms with Crippen LogP contribution in [-0.4, -0.2) is 16.3 Å². The second kappa shape index (κ2) is 3.89. The highest BCUT2D eigenvalue weighted by atomic mass is 19.1. The molecule has 2 nitrogen and oxygen atoms in total. The average molecular weight is 221 g/mol. The van der Waals surface area contributed by atoms with Crippen molar-refractivity contribution in [1.82, 2.24) is 4.90 Å². The van der Waals surface area contributed by atoms with Crippen molar-refractivity contribution < 1.29 is 9.18 Å². The Labute approximate surface area is 95.1 Å². The highest BCUT2D eigenvalue weighted by molar-refractivity contribution is 5.79. The van der Waals surface area contributed by atoms with Gasteiger partial charge in [0.15, 0.2) is 0 Å². The van der Waals surface area contributed by atoms with E-state index in [1.807, 2.05) is 4.90 Å². The summed E-state index contributed by atoms with van der Waals surface area (Å²) in [5.74, 6) is -0.0508. The van der Waals surface area contributed by atoms with Gasteiger partial charge in [0.05, 0.1) is 0 Å². The van der Waals surface area contributed by atoms with Crippen molar-refractivity contribution in [2.45, 2.75) is 38.8 Å². The van der Waals surface area contributed by atoms with E-state index in [4.69, 9.17) is 0 Å². The number of amides is 1. The number of hydrogen-bond donors (Lipinski definition) is 0. The molecule has 3 heteroatoms. The number of carbonyl (C=O) groups excluding carboxylic acids is 1. The van der Waals surface area contributed by atoms with Crippen LogP contribution in [0.15, 0.2) is 24.3 Å². The van der Waals surface area contributed by atoms with Gasteiger partial charge in [-0.3, -0.25) is 4.79 Å². The SMILES string of the molecule is CC1(C)CCC(=O)N1Cc1ccc(F)cc1.